The van der Waals surface area contributed by atoms with Gasteiger partial charge in [0.05, 0.1) is 18.0 Å². The van der Waals surface area contributed by atoms with Crippen LogP contribution in [0.15, 0.2) is 60.8 Å². The Morgan fingerprint density at radius 3 is 2.61 bits per heavy atom. The number of hydrogen-bond acceptors (Lipinski definition) is 2. The van der Waals surface area contributed by atoms with Crippen molar-refractivity contribution in [2.45, 2.75) is 45.6 Å². The van der Waals surface area contributed by atoms with Gasteiger partial charge in [0.15, 0.2) is 0 Å². The SMILES string of the molecule is CCOC(CC1(C)CCc2c(cnn2-c2ccc(F)cc2)C1)c1ccccc1. The average Bonchev–Trinajstić information content (AvgIpc) is 3.11. The molecule has 2 aromatic carbocycles. The number of fused-ring (bicyclic) bond motifs is 1. The summed E-state index contributed by atoms with van der Waals surface area (Å²) in [5.74, 6) is -0.222. The van der Waals surface area contributed by atoms with Gasteiger partial charge in [-0.2, -0.15) is 5.10 Å². The highest BCUT2D eigenvalue weighted by Crippen LogP contribution is 2.43. The Balaban J connectivity index is 1.55. The fourth-order valence-electron chi connectivity index (χ4n) is 4.36. The molecule has 0 fully saturated rings. The Hall–Kier alpha value is -2.46. The molecule has 3 aromatic rings. The second-order valence-corrected chi connectivity index (χ2v) is 8.05. The van der Waals surface area contributed by atoms with Gasteiger partial charge in [0.2, 0.25) is 0 Å². The Labute approximate surface area is 166 Å². The molecule has 4 rings (SSSR count). The monoisotopic (exact) mass is 378 g/mol. The minimum atomic E-state index is -0.222. The molecule has 0 radical (unpaired) electrons. The molecular formula is C24H27FN2O. The molecule has 0 saturated heterocycles. The fourth-order valence-corrected chi connectivity index (χ4v) is 4.36. The molecule has 0 aliphatic heterocycles. The van der Waals surface area contributed by atoms with Gasteiger partial charge in [0, 0.05) is 12.3 Å². The fraction of sp³-hybridized carbons (Fsp3) is 0.375. The van der Waals surface area contributed by atoms with Crippen molar-refractivity contribution in [3.05, 3.63) is 83.4 Å². The van der Waals surface area contributed by atoms with Crippen LogP contribution in [0.4, 0.5) is 4.39 Å². The standard InChI is InChI=1S/C24H27FN2O/c1-3-28-23(18-7-5-4-6-8-18)16-24(2)14-13-22-19(15-24)17-26-27(22)21-11-9-20(25)10-12-21/h4-12,17,23H,3,13-16H2,1-2H3. The molecule has 2 atom stereocenters. The number of benzene rings is 2. The summed E-state index contributed by atoms with van der Waals surface area (Å²) in [5.41, 5.74) is 4.87. The van der Waals surface area contributed by atoms with Crippen molar-refractivity contribution >= 4 is 0 Å². The van der Waals surface area contributed by atoms with E-state index in [-0.39, 0.29) is 17.3 Å². The minimum Gasteiger partial charge on any atom is -0.374 e. The molecule has 1 aromatic heterocycles. The average molecular weight is 378 g/mol. The Bertz CT molecular complexity index is 920. The zero-order valence-electron chi connectivity index (χ0n) is 16.6. The topological polar surface area (TPSA) is 27.1 Å². The van der Waals surface area contributed by atoms with Gasteiger partial charge in [-0.15, -0.1) is 0 Å². The number of nitrogens with zero attached hydrogens (tertiary/aromatic N) is 2. The predicted molar refractivity (Wildman–Crippen MR) is 109 cm³/mol. The molecule has 0 saturated carbocycles. The molecule has 0 bridgehead atoms. The van der Waals surface area contributed by atoms with Crippen LogP contribution in [-0.2, 0) is 17.6 Å². The molecule has 28 heavy (non-hydrogen) atoms. The van der Waals surface area contributed by atoms with Crippen molar-refractivity contribution in [1.82, 2.24) is 9.78 Å². The van der Waals surface area contributed by atoms with Crippen LogP contribution in [-0.4, -0.2) is 16.4 Å². The second-order valence-electron chi connectivity index (χ2n) is 8.05. The minimum absolute atomic E-state index is 0.116. The van der Waals surface area contributed by atoms with Crippen molar-refractivity contribution < 1.29 is 9.13 Å². The van der Waals surface area contributed by atoms with Gasteiger partial charge < -0.3 is 4.74 Å². The second kappa shape index (κ2) is 7.88. The maximum Gasteiger partial charge on any atom is 0.123 e. The molecule has 0 N–H and O–H groups in total. The van der Waals surface area contributed by atoms with Gasteiger partial charge in [-0.1, -0.05) is 37.3 Å². The van der Waals surface area contributed by atoms with Gasteiger partial charge in [-0.05, 0) is 73.4 Å². The third kappa shape index (κ3) is 3.88. The van der Waals surface area contributed by atoms with E-state index in [1.54, 1.807) is 12.1 Å². The molecule has 1 heterocycles. The molecular weight excluding hydrogens is 351 g/mol. The van der Waals surface area contributed by atoms with Crippen LogP contribution < -0.4 is 0 Å². The molecule has 4 heteroatoms. The lowest BCUT2D eigenvalue weighted by atomic mass is 9.71. The van der Waals surface area contributed by atoms with Gasteiger partial charge >= 0.3 is 0 Å². The molecule has 1 aliphatic rings. The van der Waals surface area contributed by atoms with Crippen LogP contribution in [0.25, 0.3) is 5.69 Å². The summed E-state index contributed by atoms with van der Waals surface area (Å²) in [5, 5.41) is 4.60. The Morgan fingerprint density at radius 2 is 1.89 bits per heavy atom. The Kier molecular flexibility index (Phi) is 5.31. The molecule has 2 unspecified atom stereocenters. The van der Waals surface area contributed by atoms with Gasteiger partial charge in [0.25, 0.3) is 0 Å². The first-order valence-corrected chi connectivity index (χ1v) is 10.1. The zero-order chi connectivity index (χ0) is 19.6. The first-order chi connectivity index (χ1) is 13.6. The first-order valence-electron chi connectivity index (χ1n) is 10.1. The summed E-state index contributed by atoms with van der Waals surface area (Å²) in [6.45, 7) is 5.13. The molecule has 0 spiro atoms. The number of halogens is 1. The van der Waals surface area contributed by atoms with Gasteiger partial charge in [0.1, 0.15) is 5.82 Å². The van der Waals surface area contributed by atoms with E-state index in [4.69, 9.17) is 4.74 Å². The van der Waals surface area contributed by atoms with E-state index >= 15 is 0 Å². The van der Waals surface area contributed by atoms with Crippen molar-refractivity contribution in [1.29, 1.82) is 0 Å². The number of rotatable bonds is 6. The summed E-state index contributed by atoms with van der Waals surface area (Å²) in [6, 6.07) is 17.1. The lowest BCUT2D eigenvalue weighted by molar-refractivity contribution is 0.0211. The third-order valence-electron chi connectivity index (χ3n) is 5.83. The van der Waals surface area contributed by atoms with Crippen LogP contribution in [0.2, 0.25) is 0 Å². The smallest absolute Gasteiger partial charge is 0.123 e. The molecule has 3 nitrogen and oxygen atoms in total. The summed E-state index contributed by atoms with van der Waals surface area (Å²) < 4.78 is 21.3. The maximum absolute atomic E-state index is 13.3. The van der Waals surface area contributed by atoms with E-state index < -0.39 is 0 Å². The quantitative estimate of drug-likeness (QED) is 0.552. The highest BCUT2D eigenvalue weighted by molar-refractivity contribution is 5.37. The predicted octanol–water partition coefficient (Wildman–Crippen LogP) is 5.67. The van der Waals surface area contributed by atoms with Crippen molar-refractivity contribution in [3.8, 4) is 5.69 Å². The highest BCUT2D eigenvalue weighted by Gasteiger charge is 2.35. The lowest BCUT2D eigenvalue weighted by Gasteiger charge is -2.36. The van der Waals surface area contributed by atoms with E-state index in [1.165, 1.54) is 29.0 Å². The van der Waals surface area contributed by atoms with E-state index in [0.717, 1.165) is 31.4 Å². The van der Waals surface area contributed by atoms with Gasteiger partial charge in [-0.3, -0.25) is 0 Å². The van der Waals surface area contributed by atoms with Crippen LogP contribution in [0.3, 0.4) is 0 Å². The first kappa shape index (κ1) is 18.9. The highest BCUT2D eigenvalue weighted by atomic mass is 19.1. The van der Waals surface area contributed by atoms with E-state index in [2.05, 4.69) is 43.2 Å². The van der Waals surface area contributed by atoms with Crippen molar-refractivity contribution in [2.24, 2.45) is 5.41 Å². The van der Waals surface area contributed by atoms with E-state index in [0.29, 0.717) is 6.61 Å². The van der Waals surface area contributed by atoms with Crippen LogP contribution >= 0.6 is 0 Å². The van der Waals surface area contributed by atoms with Crippen LogP contribution in [0, 0.1) is 11.2 Å². The summed E-state index contributed by atoms with van der Waals surface area (Å²) >= 11 is 0. The Morgan fingerprint density at radius 1 is 1.14 bits per heavy atom. The summed E-state index contributed by atoms with van der Waals surface area (Å²) in [6.07, 6.45) is 6.13. The lowest BCUT2D eigenvalue weighted by Crippen LogP contribution is -2.29. The third-order valence-corrected chi connectivity index (χ3v) is 5.83. The van der Waals surface area contributed by atoms with Gasteiger partial charge in [-0.25, -0.2) is 9.07 Å². The largest absolute Gasteiger partial charge is 0.374 e. The summed E-state index contributed by atoms with van der Waals surface area (Å²) in [7, 11) is 0. The van der Waals surface area contributed by atoms with Crippen LogP contribution in [0.5, 0.6) is 0 Å². The van der Waals surface area contributed by atoms with Crippen molar-refractivity contribution in [3.63, 3.8) is 0 Å². The van der Waals surface area contributed by atoms with E-state index in [1.807, 2.05) is 16.9 Å². The molecule has 146 valence electrons. The summed E-state index contributed by atoms with van der Waals surface area (Å²) in [4.78, 5) is 0. The van der Waals surface area contributed by atoms with E-state index in [9.17, 15) is 4.39 Å². The number of ether oxygens (including phenoxy) is 1. The molecule has 0 amide bonds. The van der Waals surface area contributed by atoms with Crippen LogP contribution in [0.1, 0.15) is 49.6 Å². The maximum atomic E-state index is 13.3. The molecule has 1 aliphatic carbocycles. The van der Waals surface area contributed by atoms with Crippen molar-refractivity contribution in [2.75, 3.05) is 6.61 Å². The zero-order valence-corrected chi connectivity index (χ0v) is 16.6. The normalized spacial score (nSPS) is 20.0. The number of aromatic nitrogens is 2. The number of hydrogen-bond donors (Lipinski definition) is 0.